The minimum atomic E-state index is 0.960. The zero-order valence-corrected chi connectivity index (χ0v) is 16.1. The fourth-order valence-corrected chi connectivity index (χ4v) is 2.77. The summed E-state index contributed by atoms with van der Waals surface area (Å²) in [5, 5.41) is 0. The lowest BCUT2D eigenvalue weighted by atomic mass is 10.1. The van der Waals surface area contributed by atoms with Gasteiger partial charge in [0.25, 0.3) is 0 Å². The molecular formula is C25H25N2+. The van der Waals surface area contributed by atoms with E-state index in [9.17, 15) is 0 Å². The average Bonchev–Trinajstić information content (AvgIpc) is 2.70. The van der Waals surface area contributed by atoms with E-state index in [1.807, 2.05) is 37.4 Å². The molecule has 0 saturated heterocycles. The summed E-state index contributed by atoms with van der Waals surface area (Å²) in [6, 6.07) is 21.0. The zero-order valence-electron chi connectivity index (χ0n) is 16.1. The maximum atomic E-state index is 4.53. The molecule has 2 nitrogen and oxygen atoms in total. The Labute approximate surface area is 161 Å². The third kappa shape index (κ3) is 5.11. The predicted octanol–water partition coefficient (Wildman–Crippen LogP) is 5.94. The SMILES string of the molecule is C\C=C/C(=C\C=N\c1ccc(C)cc1)c1cc[n+](-c2ccc(C)cc2)cc1. The lowest BCUT2D eigenvalue weighted by Gasteiger charge is -2.02. The highest BCUT2D eigenvalue weighted by Gasteiger charge is 2.06. The summed E-state index contributed by atoms with van der Waals surface area (Å²) in [6.45, 7) is 6.21. The first kappa shape index (κ1) is 18.5. The monoisotopic (exact) mass is 353 g/mol. The van der Waals surface area contributed by atoms with Gasteiger partial charge in [0.05, 0.1) is 5.69 Å². The Morgan fingerprint density at radius 2 is 1.41 bits per heavy atom. The fraction of sp³-hybridized carbons (Fsp3) is 0.120. The van der Waals surface area contributed by atoms with Crippen LogP contribution in [0.25, 0.3) is 11.3 Å². The second-order valence-electron chi connectivity index (χ2n) is 6.57. The van der Waals surface area contributed by atoms with Crippen LogP contribution in [-0.2, 0) is 0 Å². The minimum absolute atomic E-state index is 0.960. The van der Waals surface area contributed by atoms with Gasteiger partial charge in [0, 0.05) is 30.5 Å². The first-order chi connectivity index (χ1) is 13.2. The van der Waals surface area contributed by atoms with Gasteiger partial charge in [0.2, 0.25) is 5.69 Å². The third-order valence-corrected chi connectivity index (χ3v) is 4.35. The number of hydrogen-bond donors (Lipinski definition) is 0. The Morgan fingerprint density at radius 3 is 2.00 bits per heavy atom. The Kier molecular flexibility index (Phi) is 6.11. The Morgan fingerprint density at radius 1 is 0.815 bits per heavy atom. The van der Waals surface area contributed by atoms with E-state index >= 15 is 0 Å². The molecule has 3 aromatic rings. The Balaban J connectivity index is 1.81. The van der Waals surface area contributed by atoms with Crippen LogP contribution >= 0.6 is 0 Å². The molecule has 0 aliphatic carbocycles. The van der Waals surface area contributed by atoms with Crippen molar-refractivity contribution in [3.05, 3.63) is 108 Å². The quantitative estimate of drug-likeness (QED) is 0.306. The minimum Gasteiger partial charge on any atom is -0.257 e. The first-order valence-corrected chi connectivity index (χ1v) is 9.18. The van der Waals surface area contributed by atoms with Crippen molar-refractivity contribution in [3.63, 3.8) is 0 Å². The van der Waals surface area contributed by atoms with Crippen molar-refractivity contribution in [2.24, 2.45) is 4.99 Å². The van der Waals surface area contributed by atoms with E-state index in [0.29, 0.717) is 0 Å². The molecule has 0 aliphatic heterocycles. The lowest BCUT2D eigenvalue weighted by molar-refractivity contribution is -0.595. The molecule has 0 saturated carbocycles. The molecule has 2 heteroatoms. The van der Waals surface area contributed by atoms with Gasteiger partial charge in [-0.2, -0.15) is 4.57 Å². The van der Waals surface area contributed by atoms with Gasteiger partial charge in [-0.1, -0.05) is 47.5 Å². The molecule has 27 heavy (non-hydrogen) atoms. The molecule has 1 heterocycles. The highest BCUT2D eigenvalue weighted by Crippen LogP contribution is 2.16. The number of benzene rings is 2. The van der Waals surface area contributed by atoms with E-state index in [1.54, 1.807) is 0 Å². The van der Waals surface area contributed by atoms with Crippen LogP contribution in [-0.4, -0.2) is 6.21 Å². The van der Waals surface area contributed by atoms with Crippen molar-refractivity contribution in [2.45, 2.75) is 20.8 Å². The van der Waals surface area contributed by atoms with Crippen LogP contribution in [0.5, 0.6) is 0 Å². The van der Waals surface area contributed by atoms with Crippen molar-refractivity contribution >= 4 is 17.5 Å². The fourth-order valence-electron chi connectivity index (χ4n) is 2.77. The van der Waals surface area contributed by atoms with Crippen LogP contribution < -0.4 is 4.57 Å². The Hall–Kier alpha value is -3.26. The summed E-state index contributed by atoms with van der Waals surface area (Å²) in [5.41, 5.74) is 6.91. The van der Waals surface area contributed by atoms with Gasteiger partial charge >= 0.3 is 0 Å². The normalized spacial score (nSPS) is 12.2. The molecule has 1 aromatic heterocycles. The molecule has 0 amide bonds. The second-order valence-corrected chi connectivity index (χ2v) is 6.57. The van der Waals surface area contributed by atoms with Gasteiger partial charge in [-0.05, 0) is 50.1 Å². The number of rotatable bonds is 5. The summed E-state index contributed by atoms with van der Waals surface area (Å²) in [7, 11) is 0. The molecule has 0 spiro atoms. The molecule has 0 N–H and O–H groups in total. The standard InChI is InChI=1S/C25H25N2/c1-4-5-22(14-17-26-24-10-6-20(2)7-11-24)23-15-18-27(19-16-23)25-12-8-21(3)9-13-25/h4-19H,1-3H3/q+1/b5-4-,22-14+,26-17+. The van der Waals surface area contributed by atoms with Crippen molar-refractivity contribution in [3.8, 4) is 5.69 Å². The summed E-state index contributed by atoms with van der Waals surface area (Å²) in [6.07, 6.45) is 12.2. The third-order valence-electron chi connectivity index (χ3n) is 4.35. The maximum absolute atomic E-state index is 4.53. The van der Waals surface area contributed by atoms with Gasteiger partial charge in [0.15, 0.2) is 12.4 Å². The van der Waals surface area contributed by atoms with Crippen LogP contribution in [0.15, 0.2) is 96.3 Å². The van der Waals surface area contributed by atoms with Gasteiger partial charge in [-0.25, -0.2) is 0 Å². The summed E-state index contributed by atoms with van der Waals surface area (Å²) in [4.78, 5) is 4.53. The number of pyridine rings is 1. The summed E-state index contributed by atoms with van der Waals surface area (Å²) >= 11 is 0. The number of allylic oxidation sites excluding steroid dienone is 4. The van der Waals surface area contributed by atoms with Gasteiger partial charge < -0.3 is 0 Å². The Bertz CT molecular complexity index is 958. The van der Waals surface area contributed by atoms with E-state index in [1.165, 1.54) is 11.1 Å². The smallest absolute Gasteiger partial charge is 0.210 e. The van der Waals surface area contributed by atoms with Crippen molar-refractivity contribution in [2.75, 3.05) is 0 Å². The zero-order chi connectivity index (χ0) is 19.1. The highest BCUT2D eigenvalue weighted by molar-refractivity contribution is 5.89. The van der Waals surface area contributed by atoms with Crippen LogP contribution in [0.2, 0.25) is 0 Å². The van der Waals surface area contributed by atoms with E-state index in [0.717, 1.165) is 22.5 Å². The van der Waals surface area contributed by atoms with E-state index in [-0.39, 0.29) is 0 Å². The largest absolute Gasteiger partial charge is 0.257 e. The van der Waals surface area contributed by atoms with Gasteiger partial charge in [-0.3, -0.25) is 4.99 Å². The molecule has 0 radical (unpaired) electrons. The van der Waals surface area contributed by atoms with Gasteiger partial charge in [0.1, 0.15) is 0 Å². The van der Waals surface area contributed by atoms with E-state index in [2.05, 4.69) is 90.4 Å². The maximum Gasteiger partial charge on any atom is 0.210 e. The van der Waals surface area contributed by atoms with Crippen LogP contribution in [0.3, 0.4) is 0 Å². The highest BCUT2D eigenvalue weighted by atomic mass is 14.9. The number of aromatic nitrogens is 1. The lowest BCUT2D eigenvalue weighted by Crippen LogP contribution is -2.29. The number of aryl methyl sites for hydroxylation is 2. The number of nitrogens with zero attached hydrogens (tertiary/aromatic N) is 2. The first-order valence-electron chi connectivity index (χ1n) is 9.18. The molecule has 0 fully saturated rings. The second kappa shape index (κ2) is 8.91. The van der Waals surface area contributed by atoms with Crippen LogP contribution in [0.1, 0.15) is 23.6 Å². The molecule has 0 unspecified atom stereocenters. The van der Waals surface area contributed by atoms with Crippen LogP contribution in [0.4, 0.5) is 5.69 Å². The topological polar surface area (TPSA) is 16.2 Å². The van der Waals surface area contributed by atoms with Crippen LogP contribution in [0, 0.1) is 13.8 Å². The molecular weight excluding hydrogens is 328 g/mol. The number of aliphatic imine (C=N–C) groups is 1. The molecule has 3 rings (SSSR count). The summed E-state index contributed by atoms with van der Waals surface area (Å²) < 4.78 is 2.12. The summed E-state index contributed by atoms with van der Waals surface area (Å²) in [5.74, 6) is 0. The molecule has 0 aliphatic rings. The van der Waals surface area contributed by atoms with E-state index < -0.39 is 0 Å². The molecule has 2 aromatic carbocycles. The van der Waals surface area contributed by atoms with Crippen molar-refractivity contribution < 1.29 is 4.57 Å². The predicted molar refractivity (Wildman–Crippen MR) is 115 cm³/mol. The van der Waals surface area contributed by atoms with Gasteiger partial charge in [-0.15, -0.1) is 0 Å². The molecule has 134 valence electrons. The van der Waals surface area contributed by atoms with Crippen molar-refractivity contribution in [1.29, 1.82) is 0 Å². The molecule has 0 bridgehead atoms. The van der Waals surface area contributed by atoms with Crippen molar-refractivity contribution in [1.82, 2.24) is 0 Å². The average molecular weight is 353 g/mol. The molecule has 0 atom stereocenters. The van der Waals surface area contributed by atoms with E-state index in [4.69, 9.17) is 0 Å². The number of hydrogen-bond acceptors (Lipinski definition) is 1.